The van der Waals surface area contributed by atoms with Crippen molar-refractivity contribution in [2.24, 2.45) is 5.92 Å². The molecule has 0 unspecified atom stereocenters. The highest BCUT2D eigenvalue weighted by atomic mass is 32.2. The summed E-state index contributed by atoms with van der Waals surface area (Å²) in [5.74, 6) is 2.90. The molecule has 1 aromatic carbocycles. The van der Waals surface area contributed by atoms with Crippen LogP contribution in [-0.4, -0.2) is 48.9 Å². The molecule has 176 valence electrons. The summed E-state index contributed by atoms with van der Waals surface area (Å²) in [6.45, 7) is 8.87. The zero-order valence-electron chi connectivity index (χ0n) is 19.6. The fraction of sp³-hybridized carbons (Fsp3) is 0.520. The fourth-order valence-electron chi connectivity index (χ4n) is 4.88. The molecule has 0 saturated carbocycles. The molecule has 8 heteroatoms. The molecule has 33 heavy (non-hydrogen) atoms. The Morgan fingerprint density at radius 3 is 2.52 bits per heavy atom. The molecule has 1 fully saturated rings. The van der Waals surface area contributed by atoms with Crippen molar-refractivity contribution < 1.29 is 8.42 Å². The molecule has 1 saturated heterocycles. The highest BCUT2D eigenvalue weighted by Gasteiger charge is 2.31. The van der Waals surface area contributed by atoms with Crippen LogP contribution in [0.25, 0.3) is 10.2 Å². The number of benzene rings is 1. The molecule has 0 bridgehead atoms. The lowest BCUT2D eigenvalue weighted by atomic mass is 9.89. The quantitative estimate of drug-likeness (QED) is 0.530. The van der Waals surface area contributed by atoms with E-state index >= 15 is 0 Å². The van der Waals surface area contributed by atoms with E-state index < -0.39 is 10.0 Å². The van der Waals surface area contributed by atoms with Crippen LogP contribution in [0.2, 0.25) is 0 Å². The molecule has 3 aromatic rings. The predicted octanol–water partition coefficient (Wildman–Crippen LogP) is 4.59. The number of piperazine rings is 1. The highest BCUT2D eigenvalue weighted by Crippen LogP contribution is 2.41. The molecule has 1 aliphatic heterocycles. The van der Waals surface area contributed by atoms with E-state index in [0.717, 1.165) is 34.9 Å². The number of fused-ring (bicyclic) bond motifs is 3. The highest BCUT2D eigenvalue weighted by molar-refractivity contribution is 7.88. The zero-order valence-corrected chi connectivity index (χ0v) is 21.3. The number of sulfonamides is 1. The van der Waals surface area contributed by atoms with Gasteiger partial charge in [-0.05, 0) is 36.3 Å². The van der Waals surface area contributed by atoms with Gasteiger partial charge in [0.2, 0.25) is 10.0 Å². The van der Waals surface area contributed by atoms with Crippen molar-refractivity contribution >= 4 is 37.4 Å². The van der Waals surface area contributed by atoms with Gasteiger partial charge < -0.3 is 4.90 Å². The molecule has 0 amide bonds. The predicted molar refractivity (Wildman–Crippen MR) is 136 cm³/mol. The average Bonchev–Trinajstić information content (AvgIpc) is 3.16. The van der Waals surface area contributed by atoms with Crippen molar-refractivity contribution in [1.82, 2.24) is 14.3 Å². The number of nitrogens with zero attached hydrogens (tertiary/aromatic N) is 4. The summed E-state index contributed by atoms with van der Waals surface area (Å²) in [7, 11) is -3.34. The monoisotopic (exact) mass is 484 g/mol. The largest absolute Gasteiger partial charge is 0.353 e. The maximum Gasteiger partial charge on any atom is 0.218 e. The molecule has 1 aliphatic carbocycles. The standard InChI is InChI=1S/C25H32N4O2S2/c1-17(2)23-26-24(22-20-10-9-18(3)15-21(20)32-25(22)27-23)28-11-13-29(14-12-28)33(30,31)16-19-7-5-4-6-8-19/h4-8,17-18H,9-16H2,1-3H3/t18-/m0/s1. The molecule has 2 aliphatic rings. The van der Waals surface area contributed by atoms with Crippen LogP contribution in [0.3, 0.4) is 0 Å². The molecule has 0 spiro atoms. The first kappa shape index (κ1) is 22.7. The summed E-state index contributed by atoms with van der Waals surface area (Å²) in [5.41, 5.74) is 2.26. The first-order valence-corrected chi connectivity index (χ1v) is 14.3. The topological polar surface area (TPSA) is 66.4 Å². The zero-order chi connectivity index (χ0) is 23.2. The van der Waals surface area contributed by atoms with Crippen molar-refractivity contribution in [2.45, 2.75) is 51.7 Å². The lowest BCUT2D eigenvalue weighted by Gasteiger charge is -2.35. The second-order valence-electron chi connectivity index (χ2n) is 9.72. The van der Waals surface area contributed by atoms with E-state index in [0.29, 0.717) is 32.1 Å². The number of aryl methyl sites for hydroxylation is 1. The first-order chi connectivity index (χ1) is 15.8. The second kappa shape index (κ2) is 8.96. The normalized spacial score (nSPS) is 19.9. The molecule has 6 nitrogen and oxygen atoms in total. The van der Waals surface area contributed by atoms with E-state index in [-0.39, 0.29) is 11.7 Å². The van der Waals surface area contributed by atoms with Gasteiger partial charge in [0.15, 0.2) is 0 Å². The lowest BCUT2D eigenvalue weighted by Crippen LogP contribution is -2.49. The van der Waals surface area contributed by atoms with Crippen LogP contribution in [0.5, 0.6) is 0 Å². The van der Waals surface area contributed by atoms with Crippen molar-refractivity contribution in [3.63, 3.8) is 0 Å². The molecule has 1 atom stereocenters. The van der Waals surface area contributed by atoms with Gasteiger partial charge in [-0.3, -0.25) is 0 Å². The van der Waals surface area contributed by atoms with Gasteiger partial charge in [0.1, 0.15) is 16.5 Å². The Morgan fingerprint density at radius 1 is 1.09 bits per heavy atom. The molecular formula is C25H32N4O2S2. The summed E-state index contributed by atoms with van der Waals surface area (Å²) in [5, 5.41) is 1.21. The first-order valence-electron chi connectivity index (χ1n) is 11.9. The van der Waals surface area contributed by atoms with Crippen molar-refractivity contribution in [2.75, 3.05) is 31.1 Å². The SMILES string of the molecule is CC(C)c1nc(N2CCN(S(=O)(=O)Cc3ccccc3)CC2)c2c3c(sc2n1)C[C@@H](C)CC3. The Kier molecular flexibility index (Phi) is 6.18. The Morgan fingerprint density at radius 2 is 1.82 bits per heavy atom. The number of hydrogen-bond donors (Lipinski definition) is 0. The van der Waals surface area contributed by atoms with E-state index in [4.69, 9.17) is 9.97 Å². The summed E-state index contributed by atoms with van der Waals surface area (Å²) in [4.78, 5) is 14.8. The maximum absolute atomic E-state index is 13.0. The summed E-state index contributed by atoms with van der Waals surface area (Å²) >= 11 is 1.84. The Balaban J connectivity index is 1.42. The van der Waals surface area contributed by atoms with E-state index in [9.17, 15) is 8.42 Å². The van der Waals surface area contributed by atoms with Gasteiger partial charge in [0.25, 0.3) is 0 Å². The molecule has 0 radical (unpaired) electrons. The molecular weight excluding hydrogens is 452 g/mol. The van der Waals surface area contributed by atoms with Gasteiger partial charge in [0, 0.05) is 37.0 Å². The van der Waals surface area contributed by atoms with E-state index in [1.54, 1.807) is 4.31 Å². The van der Waals surface area contributed by atoms with E-state index in [2.05, 4.69) is 25.7 Å². The summed E-state index contributed by atoms with van der Waals surface area (Å²) < 4.78 is 27.7. The van der Waals surface area contributed by atoms with Crippen LogP contribution < -0.4 is 4.90 Å². The number of aromatic nitrogens is 2. The third kappa shape index (κ3) is 4.53. The summed E-state index contributed by atoms with van der Waals surface area (Å²) in [6.07, 6.45) is 3.41. The van der Waals surface area contributed by atoms with Gasteiger partial charge in [-0.25, -0.2) is 18.4 Å². The van der Waals surface area contributed by atoms with Gasteiger partial charge in [-0.1, -0.05) is 51.1 Å². The van der Waals surface area contributed by atoms with Crippen molar-refractivity contribution in [3.8, 4) is 0 Å². The number of rotatable bonds is 5. The van der Waals surface area contributed by atoms with Crippen LogP contribution in [-0.2, 0) is 28.6 Å². The lowest BCUT2D eigenvalue weighted by molar-refractivity contribution is 0.383. The van der Waals surface area contributed by atoms with Crippen molar-refractivity contribution in [1.29, 1.82) is 0 Å². The fourth-order valence-corrected chi connectivity index (χ4v) is 7.78. The minimum atomic E-state index is -3.34. The Labute approximate surface area is 200 Å². The van der Waals surface area contributed by atoms with Crippen molar-refractivity contribution in [3.05, 3.63) is 52.2 Å². The minimum Gasteiger partial charge on any atom is -0.353 e. The number of thiophene rings is 1. The van der Waals surface area contributed by atoms with Crippen LogP contribution in [0.15, 0.2) is 30.3 Å². The van der Waals surface area contributed by atoms with E-state index in [1.807, 2.05) is 41.7 Å². The average molecular weight is 485 g/mol. The van der Waals surface area contributed by atoms with Crippen LogP contribution >= 0.6 is 11.3 Å². The third-order valence-corrected chi connectivity index (χ3v) is 9.79. The maximum atomic E-state index is 13.0. The third-order valence-electron chi connectivity index (χ3n) is 6.79. The molecule has 2 aromatic heterocycles. The second-order valence-corrected chi connectivity index (χ2v) is 12.8. The van der Waals surface area contributed by atoms with Gasteiger partial charge in [-0.15, -0.1) is 11.3 Å². The molecule has 5 rings (SSSR count). The molecule has 3 heterocycles. The van der Waals surface area contributed by atoms with E-state index in [1.165, 1.54) is 22.2 Å². The van der Waals surface area contributed by atoms with Crippen LogP contribution in [0.4, 0.5) is 5.82 Å². The number of hydrogen-bond acceptors (Lipinski definition) is 6. The number of anilines is 1. The smallest absolute Gasteiger partial charge is 0.218 e. The Bertz CT molecular complexity index is 1250. The minimum absolute atomic E-state index is 0.0549. The molecule has 0 N–H and O–H groups in total. The van der Waals surface area contributed by atoms with Gasteiger partial charge in [0.05, 0.1) is 11.1 Å². The van der Waals surface area contributed by atoms with Crippen LogP contribution in [0, 0.1) is 5.92 Å². The van der Waals surface area contributed by atoms with Gasteiger partial charge >= 0.3 is 0 Å². The van der Waals surface area contributed by atoms with Crippen LogP contribution in [0.1, 0.15) is 54.9 Å². The Hall–Kier alpha value is -2.03. The summed E-state index contributed by atoms with van der Waals surface area (Å²) in [6, 6.07) is 9.43. The van der Waals surface area contributed by atoms with Gasteiger partial charge in [-0.2, -0.15) is 4.31 Å².